The van der Waals surface area contributed by atoms with Gasteiger partial charge in [-0.25, -0.2) is 4.79 Å². The van der Waals surface area contributed by atoms with E-state index < -0.39 is 11.7 Å². The Balaban J connectivity index is 1.92. The molecule has 0 aliphatic heterocycles. The topological polar surface area (TPSA) is 80.3 Å². The van der Waals surface area contributed by atoms with E-state index in [2.05, 4.69) is 15.6 Å². The average molecular weight is 403 g/mol. The van der Waals surface area contributed by atoms with Crippen LogP contribution in [0.3, 0.4) is 0 Å². The molecule has 0 aliphatic rings. The van der Waals surface area contributed by atoms with Gasteiger partial charge in [-0.2, -0.15) is 0 Å². The third kappa shape index (κ3) is 5.67. The molecule has 0 saturated carbocycles. The van der Waals surface area contributed by atoms with E-state index in [0.717, 1.165) is 16.8 Å². The Morgan fingerprint density at radius 1 is 0.867 bits per heavy atom. The quantitative estimate of drug-likeness (QED) is 0.589. The zero-order valence-corrected chi connectivity index (χ0v) is 17.5. The highest BCUT2D eigenvalue weighted by molar-refractivity contribution is 6.07. The minimum Gasteiger partial charge on any atom is -0.444 e. The predicted molar refractivity (Wildman–Crippen MR) is 119 cm³/mol. The van der Waals surface area contributed by atoms with Crippen LogP contribution in [0.15, 0.2) is 66.9 Å². The minimum absolute atomic E-state index is 0.319. The summed E-state index contributed by atoms with van der Waals surface area (Å²) in [6.07, 6.45) is 0.926. The van der Waals surface area contributed by atoms with Gasteiger partial charge in [0.1, 0.15) is 5.60 Å². The number of anilines is 2. The van der Waals surface area contributed by atoms with E-state index in [4.69, 9.17) is 4.74 Å². The van der Waals surface area contributed by atoms with Gasteiger partial charge in [0.2, 0.25) is 0 Å². The lowest BCUT2D eigenvalue weighted by Gasteiger charge is -2.21. The van der Waals surface area contributed by atoms with E-state index in [1.54, 1.807) is 39.0 Å². The first-order valence-electron chi connectivity index (χ1n) is 9.65. The number of ether oxygens (including phenoxy) is 1. The van der Waals surface area contributed by atoms with Crippen LogP contribution < -0.4 is 10.6 Å². The molecule has 0 atom stereocenters. The molecule has 0 fully saturated rings. The summed E-state index contributed by atoms with van der Waals surface area (Å²) in [4.78, 5) is 29.2. The van der Waals surface area contributed by atoms with Crippen molar-refractivity contribution in [3.63, 3.8) is 0 Å². The zero-order valence-electron chi connectivity index (χ0n) is 17.5. The molecule has 6 nitrogen and oxygen atoms in total. The van der Waals surface area contributed by atoms with Crippen molar-refractivity contribution >= 4 is 23.4 Å². The fraction of sp³-hybridized carbons (Fsp3) is 0.208. The van der Waals surface area contributed by atoms with Crippen LogP contribution in [-0.2, 0) is 4.74 Å². The van der Waals surface area contributed by atoms with Crippen molar-refractivity contribution in [2.45, 2.75) is 33.3 Å². The van der Waals surface area contributed by atoms with Crippen molar-refractivity contribution in [2.75, 3.05) is 10.6 Å². The molecule has 2 N–H and O–H groups in total. The Kier molecular flexibility index (Phi) is 6.16. The molecule has 0 unspecified atom stereocenters. The molecule has 2 aromatic carbocycles. The maximum absolute atomic E-state index is 12.7. The second kappa shape index (κ2) is 8.78. The first-order chi connectivity index (χ1) is 14.2. The van der Waals surface area contributed by atoms with Gasteiger partial charge in [0.05, 0.1) is 16.9 Å². The molecular formula is C24H25N3O3. The summed E-state index contributed by atoms with van der Waals surface area (Å²) in [5.74, 6) is -0.319. The standard InChI is InChI=1S/C24H25N3O3/c1-16-10-11-19(15-25-16)22(28)26-21-14-18(17-8-6-5-7-9-17)12-13-20(21)27-23(29)30-24(2,3)4/h5-15H,1-4H3,(H,26,28)(H,27,29). The summed E-state index contributed by atoms with van der Waals surface area (Å²) in [5, 5.41) is 5.60. The Labute approximate surface area is 176 Å². The van der Waals surface area contributed by atoms with Crippen LogP contribution in [0.4, 0.5) is 16.2 Å². The van der Waals surface area contributed by atoms with Crippen molar-refractivity contribution in [3.8, 4) is 11.1 Å². The van der Waals surface area contributed by atoms with Gasteiger partial charge in [-0.15, -0.1) is 0 Å². The Bertz CT molecular complexity index is 1040. The Morgan fingerprint density at radius 2 is 1.60 bits per heavy atom. The number of carbonyl (C=O) groups excluding carboxylic acids is 2. The molecule has 0 saturated heterocycles. The molecule has 30 heavy (non-hydrogen) atoms. The number of amides is 2. The second-order valence-electron chi connectivity index (χ2n) is 7.90. The molecule has 1 aromatic heterocycles. The molecule has 6 heteroatoms. The number of pyridine rings is 1. The van der Waals surface area contributed by atoms with Crippen LogP contribution in [0.25, 0.3) is 11.1 Å². The summed E-state index contributed by atoms with van der Waals surface area (Å²) in [7, 11) is 0. The number of aryl methyl sites for hydroxylation is 1. The predicted octanol–water partition coefficient (Wildman–Crippen LogP) is 5.66. The fourth-order valence-corrected chi connectivity index (χ4v) is 2.78. The number of hydrogen-bond acceptors (Lipinski definition) is 4. The smallest absolute Gasteiger partial charge is 0.412 e. The zero-order chi connectivity index (χ0) is 21.7. The van der Waals surface area contributed by atoms with Crippen LogP contribution in [0, 0.1) is 6.92 Å². The lowest BCUT2D eigenvalue weighted by atomic mass is 10.0. The highest BCUT2D eigenvalue weighted by Crippen LogP contribution is 2.30. The van der Waals surface area contributed by atoms with Gasteiger partial charge in [-0.3, -0.25) is 15.1 Å². The van der Waals surface area contributed by atoms with Gasteiger partial charge < -0.3 is 10.1 Å². The molecule has 0 aliphatic carbocycles. The van der Waals surface area contributed by atoms with Crippen molar-refractivity contribution < 1.29 is 14.3 Å². The van der Waals surface area contributed by atoms with Crippen molar-refractivity contribution in [3.05, 3.63) is 78.1 Å². The number of benzene rings is 2. The molecule has 3 rings (SSSR count). The Morgan fingerprint density at radius 3 is 2.23 bits per heavy atom. The van der Waals surface area contributed by atoms with Gasteiger partial charge >= 0.3 is 6.09 Å². The molecule has 0 radical (unpaired) electrons. The molecular weight excluding hydrogens is 378 g/mol. The number of nitrogens with one attached hydrogen (secondary N) is 2. The molecule has 0 bridgehead atoms. The van der Waals surface area contributed by atoms with E-state index in [1.165, 1.54) is 6.20 Å². The van der Waals surface area contributed by atoms with Crippen LogP contribution in [0.5, 0.6) is 0 Å². The summed E-state index contributed by atoms with van der Waals surface area (Å²) in [6, 6.07) is 18.7. The molecule has 1 heterocycles. The first kappa shape index (κ1) is 21.0. The normalized spacial score (nSPS) is 10.9. The van der Waals surface area contributed by atoms with E-state index >= 15 is 0 Å². The lowest BCUT2D eigenvalue weighted by molar-refractivity contribution is 0.0635. The number of rotatable bonds is 4. The van der Waals surface area contributed by atoms with Crippen LogP contribution in [-0.4, -0.2) is 22.6 Å². The molecule has 2 amide bonds. The van der Waals surface area contributed by atoms with E-state index in [9.17, 15) is 9.59 Å². The third-order valence-electron chi connectivity index (χ3n) is 4.18. The maximum atomic E-state index is 12.7. The van der Waals surface area contributed by atoms with Gasteiger partial charge in [-0.1, -0.05) is 36.4 Å². The summed E-state index contributed by atoms with van der Waals surface area (Å²) in [6.45, 7) is 7.22. The van der Waals surface area contributed by atoms with Gasteiger partial charge in [0.25, 0.3) is 5.91 Å². The second-order valence-corrected chi connectivity index (χ2v) is 7.90. The maximum Gasteiger partial charge on any atom is 0.412 e. The van der Waals surface area contributed by atoms with E-state index in [0.29, 0.717) is 16.9 Å². The summed E-state index contributed by atoms with van der Waals surface area (Å²) in [5.41, 5.74) is 3.42. The average Bonchev–Trinajstić information content (AvgIpc) is 2.69. The van der Waals surface area contributed by atoms with Crippen molar-refractivity contribution in [1.29, 1.82) is 0 Å². The minimum atomic E-state index is -0.634. The molecule has 154 valence electrons. The molecule has 0 spiro atoms. The lowest BCUT2D eigenvalue weighted by Crippen LogP contribution is -2.27. The fourth-order valence-electron chi connectivity index (χ4n) is 2.78. The van der Waals surface area contributed by atoms with Crippen LogP contribution in [0.2, 0.25) is 0 Å². The summed E-state index contributed by atoms with van der Waals surface area (Å²) >= 11 is 0. The summed E-state index contributed by atoms with van der Waals surface area (Å²) < 4.78 is 5.34. The highest BCUT2D eigenvalue weighted by atomic mass is 16.6. The number of aromatic nitrogens is 1. The van der Waals surface area contributed by atoms with Crippen molar-refractivity contribution in [2.24, 2.45) is 0 Å². The number of nitrogens with zero attached hydrogens (tertiary/aromatic N) is 1. The van der Waals surface area contributed by atoms with Crippen molar-refractivity contribution in [1.82, 2.24) is 4.98 Å². The Hall–Kier alpha value is -3.67. The van der Waals surface area contributed by atoms with E-state index in [-0.39, 0.29) is 5.91 Å². The number of hydrogen-bond donors (Lipinski definition) is 2. The third-order valence-corrected chi connectivity index (χ3v) is 4.18. The highest BCUT2D eigenvalue weighted by Gasteiger charge is 2.18. The van der Waals surface area contributed by atoms with Crippen LogP contribution >= 0.6 is 0 Å². The molecule has 3 aromatic rings. The largest absolute Gasteiger partial charge is 0.444 e. The SMILES string of the molecule is Cc1ccc(C(=O)Nc2cc(-c3ccccc3)ccc2NC(=O)OC(C)(C)C)cn1. The first-order valence-corrected chi connectivity index (χ1v) is 9.65. The number of carbonyl (C=O) groups is 2. The monoisotopic (exact) mass is 403 g/mol. The van der Waals surface area contributed by atoms with Gasteiger partial charge in [0.15, 0.2) is 0 Å². The van der Waals surface area contributed by atoms with Crippen LogP contribution in [0.1, 0.15) is 36.8 Å². The van der Waals surface area contributed by atoms with Gasteiger partial charge in [-0.05, 0) is 63.1 Å². The van der Waals surface area contributed by atoms with E-state index in [1.807, 2.05) is 49.4 Å². The van der Waals surface area contributed by atoms with Gasteiger partial charge in [0, 0.05) is 11.9 Å².